The topological polar surface area (TPSA) is 76.1 Å². The van der Waals surface area contributed by atoms with Crippen LogP contribution in [0.1, 0.15) is 17.4 Å². The summed E-state index contributed by atoms with van der Waals surface area (Å²) < 4.78 is 5.35. The van der Waals surface area contributed by atoms with E-state index in [-0.39, 0.29) is 11.6 Å². The maximum Gasteiger partial charge on any atom is 0.274 e. The van der Waals surface area contributed by atoms with Gasteiger partial charge < -0.3 is 15.4 Å². The first-order chi connectivity index (χ1) is 10.7. The average molecular weight is 298 g/mol. The highest BCUT2D eigenvalue weighted by atomic mass is 16.5. The van der Waals surface area contributed by atoms with Gasteiger partial charge in [0.1, 0.15) is 23.6 Å². The van der Waals surface area contributed by atoms with Crippen molar-refractivity contribution in [2.75, 3.05) is 23.8 Å². The van der Waals surface area contributed by atoms with Crippen molar-refractivity contribution in [1.82, 2.24) is 9.97 Å². The Labute approximate surface area is 129 Å². The summed E-state index contributed by atoms with van der Waals surface area (Å²) in [6, 6.07) is 8.75. The summed E-state index contributed by atoms with van der Waals surface area (Å²) in [7, 11) is 0. The smallest absolute Gasteiger partial charge is 0.274 e. The predicted molar refractivity (Wildman–Crippen MR) is 86.3 cm³/mol. The van der Waals surface area contributed by atoms with Gasteiger partial charge in [-0.25, -0.2) is 9.97 Å². The summed E-state index contributed by atoms with van der Waals surface area (Å²) in [5.74, 6) is 1.04. The number of benzene rings is 1. The third-order valence-electron chi connectivity index (χ3n) is 2.75. The zero-order valence-corrected chi connectivity index (χ0v) is 12.4. The second kappa shape index (κ2) is 7.78. The summed E-state index contributed by atoms with van der Waals surface area (Å²) >= 11 is 0. The standard InChI is InChI=1S/C16H18N4O2/c1-3-9-17-15-10-14(18-11-19-15)16(21)20-12-5-7-13(8-6-12)22-4-2/h3,5-8,10-11H,1,4,9H2,2H3,(H,20,21)(H,17,18,19). The molecule has 6 heteroatoms. The Morgan fingerprint density at radius 1 is 1.32 bits per heavy atom. The van der Waals surface area contributed by atoms with Crippen LogP contribution in [0.2, 0.25) is 0 Å². The molecular weight excluding hydrogens is 280 g/mol. The van der Waals surface area contributed by atoms with Crippen LogP contribution < -0.4 is 15.4 Å². The number of aromatic nitrogens is 2. The number of carbonyl (C=O) groups is 1. The van der Waals surface area contributed by atoms with Crippen molar-refractivity contribution in [1.29, 1.82) is 0 Å². The minimum atomic E-state index is -0.298. The summed E-state index contributed by atoms with van der Waals surface area (Å²) in [5, 5.41) is 5.79. The minimum absolute atomic E-state index is 0.287. The third-order valence-corrected chi connectivity index (χ3v) is 2.75. The molecule has 1 amide bonds. The number of hydrogen-bond acceptors (Lipinski definition) is 5. The molecule has 1 heterocycles. The van der Waals surface area contributed by atoms with Gasteiger partial charge in [0.15, 0.2) is 0 Å². The Morgan fingerprint density at radius 2 is 2.09 bits per heavy atom. The van der Waals surface area contributed by atoms with Crippen LogP contribution in [0.15, 0.2) is 49.3 Å². The number of anilines is 2. The van der Waals surface area contributed by atoms with E-state index in [0.717, 1.165) is 5.75 Å². The number of carbonyl (C=O) groups excluding carboxylic acids is 1. The molecule has 0 unspecified atom stereocenters. The van der Waals surface area contributed by atoms with Gasteiger partial charge in [0, 0.05) is 18.3 Å². The number of hydrogen-bond donors (Lipinski definition) is 2. The van der Waals surface area contributed by atoms with Gasteiger partial charge in [0.05, 0.1) is 6.61 Å². The van der Waals surface area contributed by atoms with Crippen molar-refractivity contribution in [3.63, 3.8) is 0 Å². The van der Waals surface area contributed by atoms with Gasteiger partial charge >= 0.3 is 0 Å². The summed E-state index contributed by atoms with van der Waals surface area (Å²) in [6.45, 7) is 6.70. The van der Waals surface area contributed by atoms with E-state index < -0.39 is 0 Å². The molecule has 0 radical (unpaired) electrons. The molecule has 2 rings (SSSR count). The molecule has 6 nitrogen and oxygen atoms in total. The van der Waals surface area contributed by atoms with Gasteiger partial charge in [-0.2, -0.15) is 0 Å². The van der Waals surface area contributed by atoms with Crippen LogP contribution in [0.25, 0.3) is 0 Å². The van der Waals surface area contributed by atoms with Crippen molar-refractivity contribution in [2.45, 2.75) is 6.92 Å². The molecule has 1 aromatic heterocycles. The monoisotopic (exact) mass is 298 g/mol. The van der Waals surface area contributed by atoms with Crippen LogP contribution in [0.4, 0.5) is 11.5 Å². The number of rotatable bonds is 7. The molecule has 0 spiro atoms. The molecule has 1 aromatic carbocycles. The molecule has 0 saturated heterocycles. The van der Waals surface area contributed by atoms with Crippen molar-refractivity contribution in [2.24, 2.45) is 0 Å². The van der Waals surface area contributed by atoms with Gasteiger partial charge in [-0.1, -0.05) is 6.08 Å². The van der Waals surface area contributed by atoms with E-state index in [0.29, 0.717) is 24.7 Å². The molecule has 2 aromatic rings. The van der Waals surface area contributed by atoms with E-state index in [9.17, 15) is 4.79 Å². The van der Waals surface area contributed by atoms with E-state index in [4.69, 9.17) is 4.74 Å². The Balaban J connectivity index is 2.03. The van der Waals surface area contributed by atoms with E-state index in [1.807, 2.05) is 6.92 Å². The van der Waals surface area contributed by atoms with Gasteiger partial charge in [0.25, 0.3) is 5.91 Å². The lowest BCUT2D eigenvalue weighted by molar-refractivity contribution is 0.102. The lowest BCUT2D eigenvalue weighted by Crippen LogP contribution is -2.14. The zero-order chi connectivity index (χ0) is 15.8. The number of ether oxygens (including phenoxy) is 1. The van der Waals surface area contributed by atoms with Crippen LogP contribution >= 0.6 is 0 Å². The lowest BCUT2D eigenvalue weighted by Gasteiger charge is -2.07. The molecule has 0 aliphatic rings. The Hall–Kier alpha value is -2.89. The fourth-order valence-corrected chi connectivity index (χ4v) is 1.75. The number of amides is 1. The number of nitrogens with zero attached hydrogens (tertiary/aromatic N) is 2. The highest BCUT2D eigenvalue weighted by molar-refractivity contribution is 6.03. The first-order valence-electron chi connectivity index (χ1n) is 6.94. The summed E-state index contributed by atoms with van der Waals surface area (Å²) in [5.41, 5.74) is 0.961. The lowest BCUT2D eigenvalue weighted by atomic mass is 10.3. The summed E-state index contributed by atoms with van der Waals surface area (Å²) in [4.78, 5) is 20.2. The quantitative estimate of drug-likeness (QED) is 0.769. The van der Waals surface area contributed by atoms with Crippen molar-refractivity contribution < 1.29 is 9.53 Å². The van der Waals surface area contributed by atoms with Crippen molar-refractivity contribution in [3.8, 4) is 5.75 Å². The van der Waals surface area contributed by atoms with Crippen LogP contribution in [-0.2, 0) is 0 Å². The summed E-state index contributed by atoms with van der Waals surface area (Å²) in [6.07, 6.45) is 3.06. The first kappa shape index (κ1) is 15.5. The SMILES string of the molecule is C=CCNc1cc(C(=O)Nc2ccc(OCC)cc2)ncn1. The maximum atomic E-state index is 12.2. The maximum absolute atomic E-state index is 12.2. The Morgan fingerprint density at radius 3 is 2.77 bits per heavy atom. The highest BCUT2D eigenvalue weighted by Crippen LogP contribution is 2.16. The molecule has 114 valence electrons. The van der Waals surface area contributed by atoms with E-state index >= 15 is 0 Å². The molecule has 0 saturated carbocycles. The molecular formula is C16H18N4O2. The van der Waals surface area contributed by atoms with E-state index in [1.54, 1.807) is 36.4 Å². The second-order valence-corrected chi connectivity index (χ2v) is 4.37. The van der Waals surface area contributed by atoms with Gasteiger partial charge in [-0.05, 0) is 31.2 Å². The fourth-order valence-electron chi connectivity index (χ4n) is 1.75. The van der Waals surface area contributed by atoms with Gasteiger partial charge in [-0.15, -0.1) is 6.58 Å². The minimum Gasteiger partial charge on any atom is -0.494 e. The molecule has 0 aliphatic carbocycles. The van der Waals surface area contributed by atoms with Crippen molar-refractivity contribution >= 4 is 17.4 Å². The molecule has 2 N–H and O–H groups in total. The van der Waals surface area contributed by atoms with Crippen LogP contribution in [-0.4, -0.2) is 29.0 Å². The molecule has 0 atom stereocenters. The molecule has 0 aliphatic heterocycles. The van der Waals surface area contributed by atoms with Gasteiger partial charge in [-0.3, -0.25) is 4.79 Å². The van der Waals surface area contributed by atoms with Crippen LogP contribution in [0.3, 0.4) is 0 Å². The number of nitrogens with one attached hydrogen (secondary N) is 2. The third kappa shape index (κ3) is 4.31. The molecule has 0 bridgehead atoms. The Kier molecular flexibility index (Phi) is 5.48. The molecule has 22 heavy (non-hydrogen) atoms. The van der Waals surface area contributed by atoms with Gasteiger partial charge in [0.2, 0.25) is 0 Å². The van der Waals surface area contributed by atoms with Crippen molar-refractivity contribution in [3.05, 3.63) is 55.0 Å². The second-order valence-electron chi connectivity index (χ2n) is 4.37. The first-order valence-corrected chi connectivity index (χ1v) is 6.94. The zero-order valence-electron chi connectivity index (χ0n) is 12.4. The predicted octanol–water partition coefficient (Wildman–Crippen LogP) is 2.73. The van der Waals surface area contributed by atoms with Crippen LogP contribution in [0.5, 0.6) is 5.75 Å². The highest BCUT2D eigenvalue weighted by Gasteiger charge is 2.09. The largest absolute Gasteiger partial charge is 0.494 e. The van der Waals surface area contributed by atoms with Crippen LogP contribution in [0, 0.1) is 0 Å². The average Bonchev–Trinajstić information content (AvgIpc) is 2.55. The molecule has 0 fully saturated rings. The Bertz CT molecular complexity index is 641. The van der Waals surface area contributed by atoms with E-state index in [1.165, 1.54) is 6.33 Å². The van der Waals surface area contributed by atoms with E-state index in [2.05, 4.69) is 27.2 Å². The normalized spacial score (nSPS) is 9.86. The fraction of sp³-hybridized carbons (Fsp3) is 0.188.